The number of nitrogens with one attached hydrogen (secondary N) is 1. The molecule has 0 unspecified atom stereocenters. The van der Waals surface area contributed by atoms with Gasteiger partial charge in [0.15, 0.2) is 0 Å². The molecule has 0 bridgehead atoms. The molecule has 0 radical (unpaired) electrons. The summed E-state index contributed by atoms with van der Waals surface area (Å²) >= 11 is 0. The highest BCUT2D eigenvalue weighted by molar-refractivity contribution is 4.92. The fraction of sp³-hybridized carbons (Fsp3) is 0.800. The molecular formula is C20H40N2. The fourth-order valence-corrected chi connectivity index (χ4v) is 2.47. The van der Waals surface area contributed by atoms with E-state index in [0.717, 1.165) is 26.1 Å². The van der Waals surface area contributed by atoms with Gasteiger partial charge in [-0.25, -0.2) is 0 Å². The molecule has 0 aromatic carbocycles. The molecule has 22 heavy (non-hydrogen) atoms. The number of allylic oxidation sites excluding steroid dienone is 4. The summed E-state index contributed by atoms with van der Waals surface area (Å²) in [5.74, 6) is 0. The van der Waals surface area contributed by atoms with E-state index >= 15 is 0 Å². The summed E-state index contributed by atoms with van der Waals surface area (Å²) in [6.07, 6.45) is 25.1. The van der Waals surface area contributed by atoms with E-state index in [1.54, 1.807) is 0 Å². The molecule has 0 rings (SSSR count). The molecule has 0 amide bonds. The highest BCUT2D eigenvalue weighted by Crippen LogP contribution is 2.07. The molecule has 0 saturated heterocycles. The van der Waals surface area contributed by atoms with Crippen LogP contribution in [0.3, 0.4) is 0 Å². The lowest BCUT2D eigenvalue weighted by Gasteiger charge is -2.02. The first-order chi connectivity index (χ1) is 10.9. The summed E-state index contributed by atoms with van der Waals surface area (Å²) in [4.78, 5) is 0. The van der Waals surface area contributed by atoms with Crippen LogP contribution in [0.25, 0.3) is 0 Å². The van der Waals surface area contributed by atoms with Crippen LogP contribution >= 0.6 is 0 Å². The molecule has 130 valence electrons. The van der Waals surface area contributed by atoms with E-state index in [2.05, 4.69) is 36.5 Å². The van der Waals surface area contributed by atoms with E-state index in [9.17, 15) is 0 Å². The largest absolute Gasteiger partial charge is 0.329 e. The molecule has 2 heteroatoms. The normalized spacial score (nSPS) is 11.9. The molecule has 2 nitrogen and oxygen atoms in total. The van der Waals surface area contributed by atoms with Gasteiger partial charge in [0.2, 0.25) is 0 Å². The summed E-state index contributed by atoms with van der Waals surface area (Å²) in [6.45, 7) is 5.10. The predicted octanol–water partition coefficient (Wildman–Crippen LogP) is 5.35. The second-order valence-electron chi connectivity index (χ2n) is 6.12. The third-order valence-corrected chi connectivity index (χ3v) is 3.88. The molecule has 0 heterocycles. The zero-order valence-corrected chi connectivity index (χ0v) is 15.0. The van der Waals surface area contributed by atoms with Crippen LogP contribution in [0.4, 0.5) is 0 Å². The quantitative estimate of drug-likeness (QED) is 0.281. The Kier molecular flexibility index (Phi) is 19.8. The minimum Gasteiger partial charge on any atom is -0.329 e. The van der Waals surface area contributed by atoms with Gasteiger partial charge >= 0.3 is 0 Å². The monoisotopic (exact) mass is 308 g/mol. The lowest BCUT2D eigenvalue weighted by atomic mass is 10.1. The van der Waals surface area contributed by atoms with Gasteiger partial charge in [-0.15, -0.1) is 0 Å². The Balaban J connectivity index is 3.11. The van der Waals surface area contributed by atoms with Crippen LogP contribution in [0.5, 0.6) is 0 Å². The van der Waals surface area contributed by atoms with Crippen LogP contribution in [-0.2, 0) is 0 Å². The molecule has 0 aromatic rings. The van der Waals surface area contributed by atoms with Gasteiger partial charge in [0, 0.05) is 13.1 Å². The predicted molar refractivity (Wildman–Crippen MR) is 101 cm³/mol. The van der Waals surface area contributed by atoms with Crippen LogP contribution in [0.15, 0.2) is 24.3 Å². The minimum absolute atomic E-state index is 0.752. The molecular weight excluding hydrogens is 268 g/mol. The summed E-state index contributed by atoms with van der Waals surface area (Å²) in [5, 5.41) is 3.34. The third-order valence-electron chi connectivity index (χ3n) is 3.88. The Morgan fingerprint density at radius 1 is 0.682 bits per heavy atom. The van der Waals surface area contributed by atoms with Crippen molar-refractivity contribution in [2.24, 2.45) is 5.73 Å². The SMILES string of the molecule is CCCCC/C=C\C/C=C\CCCCCCCCNCCN. The topological polar surface area (TPSA) is 38.0 Å². The number of nitrogens with two attached hydrogens (primary N) is 1. The van der Waals surface area contributed by atoms with Gasteiger partial charge in [-0.2, -0.15) is 0 Å². The number of rotatable bonds is 17. The van der Waals surface area contributed by atoms with Gasteiger partial charge in [0.05, 0.1) is 0 Å². The van der Waals surface area contributed by atoms with E-state index in [1.807, 2.05) is 0 Å². The summed E-state index contributed by atoms with van der Waals surface area (Å²) in [6, 6.07) is 0. The van der Waals surface area contributed by atoms with E-state index < -0.39 is 0 Å². The van der Waals surface area contributed by atoms with Gasteiger partial charge in [-0.3, -0.25) is 0 Å². The zero-order valence-electron chi connectivity index (χ0n) is 15.0. The Morgan fingerprint density at radius 3 is 1.91 bits per heavy atom. The zero-order chi connectivity index (χ0) is 16.1. The molecule has 0 atom stereocenters. The minimum atomic E-state index is 0.752. The van der Waals surface area contributed by atoms with Crippen molar-refractivity contribution < 1.29 is 0 Å². The molecule has 3 N–H and O–H groups in total. The average molecular weight is 309 g/mol. The Hall–Kier alpha value is -0.600. The van der Waals surface area contributed by atoms with Crippen LogP contribution in [0, 0.1) is 0 Å². The maximum Gasteiger partial charge on any atom is 0.00745 e. The molecule has 0 aliphatic heterocycles. The Labute approximate surface area is 139 Å². The van der Waals surface area contributed by atoms with Gasteiger partial charge < -0.3 is 11.1 Å². The summed E-state index contributed by atoms with van der Waals surface area (Å²) in [5.41, 5.74) is 5.43. The van der Waals surface area contributed by atoms with Crippen molar-refractivity contribution >= 4 is 0 Å². The van der Waals surface area contributed by atoms with Gasteiger partial charge in [-0.1, -0.05) is 69.8 Å². The highest BCUT2D eigenvalue weighted by atomic mass is 14.9. The standard InChI is InChI=1S/C20H40N2/c1-2-3-4-5-6-7-8-9-10-11-12-13-14-15-16-17-19-22-20-18-21/h6-7,9-10,22H,2-5,8,11-21H2,1H3/b7-6-,10-9-. The van der Waals surface area contributed by atoms with Crippen LogP contribution in [0.2, 0.25) is 0 Å². The molecule has 0 spiro atoms. The fourth-order valence-electron chi connectivity index (χ4n) is 2.47. The van der Waals surface area contributed by atoms with E-state index in [4.69, 9.17) is 5.73 Å². The Bertz CT molecular complexity index is 246. The highest BCUT2D eigenvalue weighted by Gasteiger charge is 1.91. The first-order valence-corrected chi connectivity index (χ1v) is 9.62. The van der Waals surface area contributed by atoms with Gasteiger partial charge in [0.25, 0.3) is 0 Å². The van der Waals surface area contributed by atoms with Crippen LogP contribution in [0.1, 0.15) is 84.0 Å². The lowest BCUT2D eigenvalue weighted by molar-refractivity contribution is 0.569. The lowest BCUT2D eigenvalue weighted by Crippen LogP contribution is -2.23. The van der Waals surface area contributed by atoms with E-state index in [-0.39, 0.29) is 0 Å². The number of unbranched alkanes of at least 4 members (excludes halogenated alkanes) is 9. The summed E-state index contributed by atoms with van der Waals surface area (Å²) in [7, 11) is 0. The van der Waals surface area contributed by atoms with Crippen molar-refractivity contribution in [1.82, 2.24) is 5.32 Å². The Morgan fingerprint density at radius 2 is 1.27 bits per heavy atom. The van der Waals surface area contributed by atoms with E-state index in [1.165, 1.54) is 70.6 Å². The second-order valence-corrected chi connectivity index (χ2v) is 6.12. The van der Waals surface area contributed by atoms with Crippen molar-refractivity contribution in [1.29, 1.82) is 0 Å². The van der Waals surface area contributed by atoms with E-state index in [0.29, 0.717) is 0 Å². The van der Waals surface area contributed by atoms with Crippen molar-refractivity contribution in [2.75, 3.05) is 19.6 Å². The first kappa shape index (κ1) is 21.4. The summed E-state index contributed by atoms with van der Waals surface area (Å²) < 4.78 is 0. The molecule has 0 aliphatic rings. The molecule has 0 saturated carbocycles. The average Bonchev–Trinajstić information content (AvgIpc) is 2.54. The number of hydrogen-bond donors (Lipinski definition) is 2. The van der Waals surface area contributed by atoms with Crippen molar-refractivity contribution in [2.45, 2.75) is 84.0 Å². The van der Waals surface area contributed by atoms with Gasteiger partial charge in [0.1, 0.15) is 0 Å². The number of hydrogen-bond acceptors (Lipinski definition) is 2. The van der Waals surface area contributed by atoms with Crippen molar-refractivity contribution in [3.05, 3.63) is 24.3 Å². The maximum absolute atomic E-state index is 5.43. The second kappa shape index (κ2) is 20.4. The molecule has 0 fully saturated rings. The molecule has 0 aromatic heterocycles. The van der Waals surface area contributed by atoms with Crippen LogP contribution < -0.4 is 11.1 Å². The first-order valence-electron chi connectivity index (χ1n) is 9.62. The van der Waals surface area contributed by atoms with Crippen molar-refractivity contribution in [3.8, 4) is 0 Å². The van der Waals surface area contributed by atoms with Crippen LogP contribution in [-0.4, -0.2) is 19.6 Å². The van der Waals surface area contributed by atoms with Crippen molar-refractivity contribution in [3.63, 3.8) is 0 Å². The third kappa shape index (κ3) is 19.4. The smallest absolute Gasteiger partial charge is 0.00745 e. The van der Waals surface area contributed by atoms with Gasteiger partial charge in [-0.05, 0) is 45.1 Å². The maximum atomic E-state index is 5.43. The molecule has 0 aliphatic carbocycles.